The van der Waals surface area contributed by atoms with Crippen LogP contribution in [0.15, 0.2) is 34.5 Å². The van der Waals surface area contributed by atoms with E-state index in [1.807, 2.05) is 6.92 Å². The topological polar surface area (TPSA) is 62.5 Å². The van der Waals surface area contributed by atoms with E-state index in [-0.39, 0.29) is 24.0 Å². The third-order valence-electron chi connectivity index (χ3n) is 1.65. The minimum atomic E-state index is 0. The van der Waals surface area contributed by atoms with Crippen LogP contribution in [0.25, 0.3) is 0 Å². The van der Waals surface area contributed by atoms with Gasteiger partial charge in [0, 0.05) is 19.2 Å². The van der Waals surface area contributed by atoms with Crippen LogP contribution in [0.1, 0.15) is 12.6 Å². The van der Waals surface area contributed by atoms with E-state index in [1.165, 1.54) is 6.26 Å². The summed E-state index contributed by atoms with van der Waals surface area (Å²) < 4.78 is 4.71. The van der Waals surface area contributed by atoms with Crippen LogP contribution >= 0.6 is 24.0 Å². The molecule has 0 aliphatic heterocycles. The normalized spacial score (nSPS) is 10.4. The van der Waals surface area contributed by atoms with E-state index in [9.17, 15) is 0 Å². The zero-order valence-electron chi connectivity index (χ0n) is 9.27. The largest absolute Gasteiger partial charge is 0.364 e. The Balaban J connectivity index is 0.00000225. The van der Waals surface area contributed by atoms with Gasteiger partial charge >= 0.3 is 0 Å². The first-order valence-corrected chi connectivity index (χ1v) is 4.89. The summed E-state index contributed by atoms with van der Waals surface area (Å²) in [5, 5.41) is 9.98. The Kier molecular flexibility index (Phi) is 8.59. The lowest BCUT2D eigenvalue weighted by Gasteiger charge is -2.08. The smallest absolute Gasteiger partial charge is 0.191 e. The van der Waals surface area contributed by atoms with Crippen LogP contribution in [0, 0.1) is 0 Å². The van der Waals surface area contributed by atoms with Crippen LogP contribution in [0.2, 0.25) is 0 Å². The summed E-state index contributed by atoms with van der Waals surface area (Å²) in [7, 11) is 0. The van der Waals surface area contributed by atoms with E-state index in [0.717, 1.165) is 18.2 Å². The van der Waals surface area contributed by atoms with Gasteiger partial charge in [-0.2, -0.15) is 0 Å². The lowest BCUT2D eigenvalue weighted by atomic mass is 10.4. The van der Waals surface area contributed by atoms with Crippen LogP contribution in [0.4, 0.5) is 0 Å². The third kappa shape index (κ3) is 5.74. The van der Waals surface area contributed by atoms with Crippen molar-refractivity contribution < 1.29 is 4.52 Å². The number of aromatic nitrogens is 1. The Bertz CT molecular complexity index is 311. The first-order valence-electron chi connectivity index (χ1n) is 4.89. The molecule has 1 heterocycles. The van der Waals surface area contributed by atoms with Crippen LogP contribution in [0.3, 0.4) is 0 Å². The number of aliphatic imine (C=N–C) groups is 1. The van der Waals surface area contributed by atoms with Crippen molar-refractivity contribution in [3.63, 3.8) is 0 Å². The summed E-state index contributed by atoms with van der Waals surface area (Å²) in [5.74, 6) is 0.750. The SMILES string of the molecule is C=CCNC(=NCc1ccon1)NCC.I. The highest BCUT2D eigenvalue weighted by molar-refractivity contribution is 14.0. The second-order valence-electron chi connectivity index (χ2n) is 2.86. The molecule has 90 valence electrons. The molecule has 0 spiro atoms. The van der Waals surface area contributed by atoms with Gasteiger partial charge in [-0.15, -0.1) is 30.6 Å². The quantitative estimate of drug-likeness (QED) is 0.371. The highest BCUT2D eigenvalue weighted by atomic mass is 127. The van der Waals surface area contributed by atoms with Crippen molar-refractivity contribution in [2.75, 3.05) is 13.1 Å². The molecule has 1 rings (SSSR count). The predicted octanol–water partition coefficient (Wildman–Crippen LogP) is 1.53. The van der Waals surface area contributed by atoms with Crippen LogP contribution in [-0.2, 0) is 6.54 Å². The number of halogens is 1. The van der Waals surface area contributed by atoms with Gasteiger partial charge in [-0.3, -0.25) is 0 Å². The maximum absolute atomic E-state index is 4.71. The fourth-order valence-corrected chi connectivity index (χ4v) is 0.990. The molecule has 6 heteroatoms. The van der Waals surface area contributed by atoms with Crippen LogP contribution < -0.4 is 10.6 Å². The third-order valence-corrected chi connectivity index (χ3v) is 1.65. The fraction of sp³-hybridized carbons (Fsp3) is 0.400. The van der Waals surface area contributed by atoms with Gasteiger partial charge in [0.1, 0.15) is 12.0 Å². The van der Waals surface area contributed by atoms with Gasteiger partial charge in [0.2, 0.25) is 0 Å². The molecule has 0 saturated heterocycles. The van der Waals surface area contributed by atoms with Crippen molar-refractivity contribution in [3.8, 4) is 0 Å². The number of nitrogens with zero attached hydrogens (tertiary/aromatic N) is 2. The second kappa shape index (κ2) is 9.20. The molecular formula is C10H17IN4O. The van der Waals surface area contributed by atoms with E-state index in [0.29, 0.717) is 13.1 Å². The number of nitrogens with one attached hydrogen (secondary N) is 2. The summed E-state index contributed by atoms with van der Waals surface area (Å²) in [6.45, 7) is 7.65. The summed E-state index contributed by atoms with van der Waals surface area (Å²) in [6.07, 6.45) is 3.32. The highest BCUT2D eigenvalue weighted by Gasteiger charge is 1.97. The van der Waals surface area contributed by atoms with Crippen molar-refractivity contribution in [2.24, 2.45) is 4.99 Å². The second-order valence-corrected chi connectivity index (χ2v) is 2.86. The zero-order chi connectivity index (χ0) is 10.9. The maximum Gasteiger partial charge on any atom is 0.191 e. The van der Waals surface area contributed by atoms with Gasteiger partial charge < -0.3 is 15.2 Å². The molecule has 0 bridgehead atoms. The van der Waals surface area contributed by atoms with Crippen LogP contribution in [-0.4, -0.2) is 24.2 Å². The Labute approximate surface area is 112 Å². The number of hydrogen-bond acceptors (Lipinski definition) is 3. The van der Waals surface area contributed by atoms with E-state index in [4.69, 9.17) is 4.52 Å². The van der Waals surface area contributed by atoms with E-state index < -0.39 is 0 Å². The monoisotopic (exact) mass is 336 g/mol. The molecule has 0 aliphatic carbocycles. The van der Waals surface area contributed by atoms with Crippen LogP contribution in [0.5, 0.6) is 0 Å². The first-order chi connectivity index (χ1) is 7.36. The Hall–Kier alpha value is -1.05. The molecule has 0 unspecified atom stereocenters. The van der Waals surface area contributed by atoms with Crippen molar-refractivity contribution in [1.29, 1.82) is 0 Å². The zero-order valence-corrected chi connectivity index (χ0v) is 11.6. The molecule has 0 aromatic carbocycles. The molecule has 16 heavy (non-hydrogen) atoms. The van der Waals surface area contributed by atoms with Crippen molar-refractivity contribution in [1.82, 2.24) is 15.8 Å². The Morgan fingerprint density at radius 1 is 1.62 bits per heavy atom. The predicted molar refractivity (Wildman–Crippen MR) is 74.9 cm³/mol. The average Bonchev–Trinajstić information content (AvgIpc) is 2.75. The number of rotatable bonds is 5. The molecule has 0 amide bonds. The summed E-state index contributed by atoms with van der Waals surface area (Å²) in [5.41, 5.74) is 0.811. The first kappa shape index (κ1) is 14.9. The summed E-state index contributed by atoms with van der Waals surface area (Å²) in [4.78, 5) is 4.32. The molecule has 0 radical (unpaired) electrons. The van der Waals surface area contributed by atoms with Gasteiger partial charge in [0.05, 0.1) is 6.54 Å². The molecule has 1 aromatic heterocycles. The lowest BCUT2D eigenvalue weighted by Crippen LogP contribution is -2.37. The Morgan fingerprint density at radius 2 is 2.44 bits per heavy atom. The summed E-state index contributed by atoms with van der Waals surface area (Å²) in [6, 6.07) is 1.79. The van der Waals surface area contributed by atoms with Crippen molar-refractivity contribution in [3.05, 3.63) is 30.7 Å². The number of guanidine groups is 1. The lowest BCUT2D eigenvalue weighted by molar-refractivity contribution is 0.412. The van der Waals surface area contributed by atoms with Gasteiger partial charge in [-0.1, -0.05) is 11.2 Å². The van der Waals surface area contributed by atoms with E-state index >= 15 is 0 Å². The van der Waals surface area contributed by atoms with Gasteiger partial charge in [-0.25, -0.2) is 4.99 Å². The number of hydrogen-bond donors (Lipinski definition) is 2. The molecule has 0 aliphatic rings. The minimum absolute atomic E-state index is 0. The molecule has 2 N–H and O–H groups in total. The van der Waals surface area contributed by atoms with Crippen molar-refractivity contribution in [2.45, 2.75) is 13.5 Å². The Morgan fingerprint density at radius 3 is 3.00 bits per heavy atom. The fourth-order valence-electron chi connectivity index (χ4n) is 0.990. The molecule has 0 fully saturated rings. The molecule has 0 atom stereocenters. The minimum Gasteiger partial charge on any atom is -0.364 e. The maximum atomic E-state index is 4.71. The van der Waals surface area contributed by atoms with Gasteiger partial charge in [-0.05, 0) is 6.92 Å². The summed E-state index contributed by atoms with van der Waals surface area (Å²) >= 11 is 0. The standard InChI is InChI=1S/C10H16N4O.HI/c1-3-6-12-10(11-4-2)13-8-9-5-7-15-14-9;/h3,5,7H,1,4,6,8H2,2H3,(H2,11,12,13);1H. The highest BCUT2D eigenvalue weighted by Crippen LogP contribution is 1.95. The van der Waals surface area contributed by atoms with Gasteiger partial charge in [0.15, 0.2) is 5.96 Å². The van der Waals surface area contributed by atoms with Crippen molar-refractivity contribution >= 4 is 29.9 Å². The molecule has 0 saturated carbocycles. The van der Waals surface area contributed by atoms with Gasteiger partial charge in [0.25, 0.3) is 0 Å². The van der Waals surface area contributed by atoms with E-state index in [1.54, 1.807) is 12.1 Å². The average molecular weight is 336 g/mol. The van der Waals surface area contributed by atoms with E-state index in [2.05, 4.69) is 27.4 Å². The molecule has 1 aromatic rings. The molecular weight excluding hydrogens is 319 g/mol. The molecule has 5 nitrogen and oxygen atoms in total.